The van der Waals surface area contributed by atoms with Gasteiger partial charge in [-0.15, -0.1) is 0 Å². The Morgan fingerprint density at radius 3 is 2.11 bits per heavy atom. The minimum Gasteiger partial charge on any atom is -0.481 e. The summed E-state index contributed by atoms with van der Waals surface area (Å²) in [5.41, 5.74) is 0.608. The summed E-state index contributed by atoms with van der Waals surface area (Å²) in [5.74, 6) is -6.66. The minimum absolute atomic E-state index is 0.0182. The van der Waals surface area contributed by atoms with Crippen molar-refractivity contribution in [3.05, 3.63) is 29.8 Å². The molecule has 1 aromatic rings. The van der Waals surface area contributed by atoms with Crippen molar-refractivity contribution in [2.75, 3.05) is 6.54 Å². The van der Waals surface area contributed by atoms with Crippen molar-refractivity contribution in [1.29, 1.82) is 0 Å². The molecule has 0 saturated heterocycles. The number of hydrogen-bond acceptors (Lipinski definition) is 6. The van der Waals surface area contributed by atoms with Crippen molar-refractivity contribution in [1.82, 2.24) is 10.6 Å². The van der Waals surface area contributed by atoms with Gasteiger partial charge in [0.1, 0.15) is 11.8 Å². The summed E-state index contributed by atoms with van der Waals surface area (Å²) < 4.78 is 5.00. The lowest BCUT2D eigenvalue weighted by atomic mass is 9.78. The van der Waals surface area contributed by atoms with Gasteiger partial charge >= 0.3 is 17.9 Å². The SMILES string of the molecule is CCCCCNC(=O)C(Cc1ccc(OC(C(=O)O)C(=O)O)cc1)NC(=O)[C@H]1CCCC[C@H]1C(=O)O. The zero-order chi connectivity index (χ0) is 26.7. The van der Waals surface area contributed by atoms with E-state index in [9.17, 15) is 29.1 Å². The Morgan fingerprint density at radius 2 is 1.56 bits per heavy atom. The first-order valence-corrected chi connectivity index (χ1v) is 12.2. The number of benzene rings is 1. The van der Waals surface area contributed by atoms with Crippen molar-refractivity contribution >= 4 is 29.7 Å². The van der Waals surface area contributed by atoms with Gasteiger partial charge in [0.25, 0.3) is 6.10 Å². The molecule has 0 heterocycles. The maximum Gasteiger partial charge on any atom is 0.356 e. The van der Waals surface area contributed by atoms with E-state index in [1.54, 1.807) is 12.1 Å². The number of carboxylic acids is 3. The highest BCUT2D eigenvalue weighted by molar-refractivity contribution is 5.96. The van der Waals surface area contributed by atoms with Crippen LogP contribution in [0.15, 0.2) is 24.3 Å². The molecule has 5 N–H and O–H groups in total. The summed E-state index contributed by atoms with van der Waals surface area (Å²) >= 11 is 0. The van der Waals surface area contributed by atoms with Gasteiger partial charge in [0.05, 0.1) is 11.8 Å². The Hall–Kier alpha value is -3.63. The van der Waals surface area contributed by atoms with E-state index < -0.39 is 47.8 Å². The first kappa shape index (κ1) is 28.6. The van der Waals surface area contributed by atoms with E-state index in [1.807, 2.05) is 6.92 Å². The van der Waals surface area contributed by atoms with Gasteiger partial charge in [-0.25, -0.2) is 9.59 Å². The highest BCUT2D eigenvalue weighted by Crippen LogP contribution is 2.30. The maximum atomic E-state index is 13.0. The lowest BCUT2D eigenvalue weighted by Gasteiger charge is -2.29. The van der Waals surface area contributed by atoms with Crippen LogP contribution >= 0.6 is 0 Å². The first-order valence-electron chi connectivity index (χ1n) is 12.2. The fourth-order valence-electron chi connectivity index (χ4n) is 4.22. The van der Waals surface area contributed by atoms with Crippen LogP contribution in [0.1, 0.15) is 57.4 Å². The van der Waals surface area contributed by atoms with Crippen LogP contribution in [0.3, 0.4) is 0 Å². The normalized spacial score (nSPS) is 18.2. The van der Waals surface area contributed by atoms with E-state index in [2.05, 4.69) is 10.6 Å². The average Bonchev–Trinajstić information content (AvgIpc) is 2.85. The molecule has 3 atom stereocenters. The monoisotopic (exact) mass is 506 g/mol. The van der Waals surface area contributed by atoms with Crippen LogP contribution < -0.4 is 15.4 Å². The molecule has 0 spiro atoms. The third-order valence-corrected chi connectivity index (χ3v) is 6.20. The van der Waals surface area contributed by atoms with Crippen LogP contribution in [0.5, 0.6) is 5.75 Å². The summed E-state index contributed by atoms with van der Waals surface area (Å²) in [7, 11) is 0. The van der Waals surface area contributed by atoms with Crippen LogP contribution in [0.2, 0.25) is 0 Å². The molecule has 0 bridgehead atoms. The van der Waals surface area contributed by atoms with Crippen molar-refractivity contribution in [2.24, 2.45) is 11.8 Å². The molecule has 11 nitrogen and oxygen atoms in total. The van der Waals surface area contributed by atoms with Crippen molar-refractivity contribution in [3.8, 4) is 5.75 Å². The molecule has 1 aliphatic carbocycles. The number of aliphatic carboxylic acids is 3. The Bertz CT molecular complexity index is 918. The molecule has 1 fully saturated rings. The topological polar surface area (TPSA) is 179 Å². The average molecular weight is 507 g/mol. The van der Waals surface area contributed by atoms with Gasteiger partial charge in [-0.2, -0.15) is 0 Å². The van der Waals surface area contributed by atoms with Gasteiger partial charge in [-0.1, -0.05) is 44.7 Å². The number of carbonyl (C=O) groups excluding carboxylic acids is 2. The third kappa shape index (κ3) is 8.54. The third-order valence-electron chi connectivity index (χ3n) is 6.20. The summed E-state index contributed by atoms with van der Waals surface area (Å²) in [6.07, 6.45) is 3.07. The zero-order valence-electron chi connectivity index (χ0n) is 20.3. The number of carboxylic acid groups (broad SMARTS) is 3. The number of nitrogens with one attached hydrogen (secondary N) is 2. The Balaban J connectivity index is 2.14. The van der Waals surface area contributed by atoms with E-state index in [-0.39, 0.29) is 18.1 Å². The molecule has 1 aliphatic rings. The summed E-state index contributed by atoms with van der Waals surface area (Å²) in [6, 6.07) is 4.90. The number of rotatable bonds is 14. The molecular formula is C25H34N2O9. The predicted molar refractivity (Wildman–Crippen MR) is 127 cm³/mol. The molecule has 2 amide bonds. The highest BCUT2D eigenvalue weighted by atomic mass is 16.5. The van der Waals surface area contributed by atoms with Crippen LogP contribution in [0.4, 0.5) is 0 Å². The van der Waals surface area contributed by atoms with E-state index in [0.29, 0.717) is 24.9 Å². The molecular weight excluding hydrogens is 472 g/mol. The van der Waals surface area contributed by atoms with Gasteiger partial charge in [0, 0.05) is 13.0 Å². The first-order chi connectivity index (χ1) is 17.1. The molecule has 0 aliphatic heterocycles. The van der Waals surface area contributed by atoms with Crippen LogP contribution in [-0.2, 0) is 30.4 Å². The van der Waals surface area contributed by atoms with Crippen molar-refractivity contribution in [3.63, 3.8) is 0 Å². The van der Waals surface area contributed by atoms with Crippen LogP contribution in [0.25, 0.3) is 0 Å². The molecule has 0 radical (unpaired) electrons. The Labute approximate surface area is 209 Å². The van der Waals surface area contributed by atoms with E-state index in [0.717, 1.165) is 32.1 Å². The van der Waals surface area contributed by atoms with Gasteiger partial charge < -0.3 is 30.7 Å². The number of carbonyl (C=O) groups is 5. The number of ether oxygens (including phenoxy) is 1. The largest absolute Gasteiger partial charge is 0.481 e. The van der Waals surface area contributed by atoms with Gasteiger partial charge in [0.15, 0.2) is 0 Å². The Kier molecular flexibility index (Phi) is 11.2. The summed E-state index contributed by atoms with van der Waals surface area (Å²) in [4.78, 5) is 59.6. The molecule has 1 saturated carbocycles. The van der Waals surface area contributed by atoms with E-state index in [4.69, 9.17) is 14.9 Å². The quantitative estimate of drug-likeness (QED) is 0.186. The molecule has 2 rings (SSSR count). The predicted octanol–water partition coefficient (Wildman–Crippen LogP) is 1.83. The molecule has 11 heteroatoms. The molecule has 198 valence electrons. The van der Waals surface area contributed by atoms with Gasteiger partial charge in [-0.3, -0.25) is 14.4 Å². The Morgan fingerprint density at radius 1 is 0.944 bits per heavy atom. The zero-order valence-corrected chi connectivity index (χ0v) is 20.3. The summed E-state index contributed by atoms with van der Waals surface area (Å²) in [5, 5.41) is 33.0. The highest BCUT2D eigenvalue weighted by Gasteiger charge is 2.37. The van der Waals surface area contributed by atoms with Crippen molar-refractivity contribution in [2.45, 2.75) is 70.4 Å². The van der Waals surface area contributed by atoms with E-state index in [1.165, 1.54) is 12.1 Å². The fourth-order valence-corrected chi connectivity index (χ4v) is 4.22. The second kappa shape index (κ2) is 14.1. The van der Waals surface area contributed by atoms with Crippen molar-refractivity contribution < 1.29 is 44.0 Å². The minimum atomic E-state index is -2.06. The number of amides is 2. The molecule has 1 unspecified atom stereocenters. The lowest BCUT2D eigenvalue weighted by molar-refractivity contribution is -0.159. The van der Waals surface area contributed by atoms with Crippen LogP contribution in [-0.4, -0.2) is 63.7 Å². The van der Waals surface area contributed by atoms with Gasteiger partial charge in [-0.05, 0) is 37.0 Å². The second-order valence-electron chi connectivity index (χ2n) is 8.92. The fraction of sp³-hybridized carbons (Fsp3) is 0.560. The molecule has 36 heavy (non-hydrogen) atoms. The maximum absolute atomic E-state index is 13.0. The van der Waals surface area contributed by atoms with E-state index >= 15 is 0 Å². The second-order valence-corrected chi connectivity index (χ2v) is 8.92. The van der Waals surface area contributed by atoms with Gasteiger partial charge in [0.2, 0.25) is 11.8 Å². The molecule has 0 aromatic heterocycles. The molecule has 1 aromatic carbocycles. The van der Waals surface area contributed by atoms with Crippen LogP contribution in [0, 0.1) is 11.8 Å². The number of unbranched alkanes of at least 4 members (excludes halogenated alkanes) is 2. The summed E-state index contributed by atoms with van der Waals surface area (Å²) in [6.45, 7) is 2.48. The standard InChI is InChI=1S/C25H34N2O9/c1-2-3-6-13-26-22(29)19(27-21(28)17-7-4-5-8-18(17)23(30)31)14-15-9-11-16(12-10-15)36-20(24(32)33)25(34)35/h9-12,17-20H,2-8,13-14H2,1H3,(H,26,29)(H,27,28)(H,30,31)(H,32,33)(H,34,35)/t17-,18+,19?/m0/s1. The smallest absolute Gasteiger partial charge is 0.356 e. The lowest BCUT2D eigenvalue weighted by Crippen LogP contribution is -2.51. The number of hydrogen-bond donors (Lipinski definition) is 5.